The maximum atomic E-state index is 13.7. The van der Waals surface area contributed by atoms with E-state index in [-0.39, 0.29) is 54.3 Å². The number of hydrogen-bond acceptors (Lipinski definition) is 5. The summed E-state index contributed by atoms with van der Waals surface area (Å²) in [5.41, 5.74) is 1.90. The molecule has 7 nitrogen and oxygen atoms in total. The molecular formula is C28H30Cl2N3NaO4. The Morgan fingerprint density at radius 2 is 1.74 bits per heavy atom. The van der Waals surface area contributed by atoms with Crippen LogP contribution in [0.4, 0.5) is 0 Å². The number of carboxylic acids is 1. The molecule has 10 heteroatoms. The summed E-state index contributed by atoms with van der Waals surface area (Å²) in [6, 6.07) is 12.2. The van der Waals surface area contributed by atoms with Crippen molar-refractivity contribution in [3.63, 3.8) is 0 Å². The fraction of sp³-hybridized carbons (Fsp3) is 0.429. The van der Waals surface area contributed by atoms with Gasteiger partial charge in [-0.05, 0) is 73.9 Å². The van der Waals surface area contributed by atoms with E-state index in [2.05, 4.69) is 12.2 Å². The number of nitrogens with zero attached hydrogens (tertiary/aromatic N) is 2. The summed E-state index contributed by atoms with van der Waals surface area (Å²) in [6.45, 7) is 2.71. The van der Waals surface area contributed by atoms with E-state index in [0.29, 0.717) is 45.8 Å². The molecule has 2 aromatic rings. The molecule has 0 radical (unpaired) electrons. The average molecular weight is 566 g/mol. The molecule has 2 aliphatic rings. The van der Waals surface area contributed by atoms with Gasteiger partial charge in [-0.3, -0.25) is 14.6 Å². The molecule has 0 bridgehead atoms. The number of carbonyl (C=O) groups excluding carboxylic acids is 3. The molecule has 2 aromatic carbocycles. The van der Waals surface area contributed by atoms with Gasteiger partial charge >= 0.3 is 29.6 Å². The van der Waals surface area contributed by atoms with Gasteiger partial charge in [0.2, 0.25) is 0 Å². The molecule has 1 fully saturated rings. The maximum Gasteiger partial charge on any atom is 1.00 e. The van der Waals surface area contributed by atoms with Crippen molar-refractivity contribution in [2.45, 2.75) is 57.5 Å². The van der Waals surface area contributed by atoms with E-state index >= 15 is 0 Å². The van der Waals surface area contributed by atoms with Crippen LogP contribution in [0, 0.1) is 5.92 Å². The second-order valence-electron chi connectivity index (χ2n) is 9.73. The summed E-state index contributed by atoms with van der Waals surface area (Å²) in [6.07, 6.45) is 5.18. The van der Waals surface area contributed by atoms with Gasteiger partial charge in [0.1, 0.15) is 11.4 Å². The van der Waals surface area contributed by atoms with Gasteiger partial charge in [-0.1, -0.05) is 48.7 Å². The number of amides is 2. The third-order valence-corrected chi connectivity index (χ3v) is 7.78. The largest absolute Gasteiger partial charge is 1.00 e. The van der Waals surface area contributed by atoms with Crippen molar-refractivity contribution >= 4 is 46.7 Å². The molecule has 1 saturated carbocycles. The third-order valence-electron chi connectivity index (χ3n) is 7.34. The number of halogens is 2. The van der Waals surface area contributed by atoms with E-state index < -0.39 is 11.6 Å². The number of carboxylic acid groups (broad SMARTS) is 1. The minimum atomic E-state index is -1.21. The second kappa shape index (κ2) is 13.4. The number of carbonyl (C=O) groups is 3. The zero-order chi connectivity index (χ0) is 26.6. The van der Waals surface area contributed by atoms with Crippen LogP contribution in [0.2, 0.25) is 10.0 Å². The van der Waals surface area contributed by atoms with Crippen molar-refractivity contribution < 1.29 is 49.0 Å². The predicted octanol–water partition coefficient (Wildman–Crippen LogP) is 1.04. The number of benzene rings is 2. The summed E-state index contributed by atoms with van der Waals surface area (Å²) >= 11 is 12.4. The summed E-state index contributed by atoms with van der Waals surface area (Å²) in [4.78, 5) is 43.4. The Morgan fingerprint density at radius 1 is 1.11 bits per heavy atom. The Labute approximate surface area is 255 Å². The number of aliphatic carboxylic acids is 1. The van der Waals surface area contributed by atoms with Gasteiger partial charge in [-0.15, -0.1) is 0 Å². The van der Waals surface area contributed by atoms with Crippen LogP contribution in [0.5, 0.6) is 0 Å². The smallest absolute Gasteiger partial charge is 0.550 e. The first-order chi connectivity index (χ1) is 17.7. The summed E-state index contributed by atoms with van der Waals surface area (Å²) in [7, 11) is 0. The molecule has 0 atom stereocenters. The second-order valence-corrected chi connectivity index (χ2v) is 10.6. The quantitative estimate of drug-likeness (QED) is 0.459. The van der Waals surface area contributed by atoms with Gasteiger partial charge in [0, 0.05) is 46.7 Å². The summed E-state index contributed by atoms with van der Waals surface area (Å²) in [5.74, 6) is -1.02. The molecular weight excluding hydrogens is 536 g/mol. The molecule has 1 spiro atoms. The normalized spacial score (nSPS) is 20.7. The van der Waals surface area contributed by atoms with E-state index in [1.54, 1.807) is 30.3 Å². The summed E-state index contributed by atoms with van der Waals surface area (Å²) in [5, 5.41) is 14.0. The van der Waals surface area contributed by atoms with E-state index in [4.69, 9.17) is 28.2 Å². The average Bonchev–Trinajstić information content (AvgIpc) is 3.13. The van der Waals surface area contributed by atoms with E-state index in [1.807, 2.05) is 17.0 Å². The fourth-order valence-electron chi connectivity index (χ4n) is 5.20. The first-order valence-corrected chi connectivity index (χ1v) is 13.4. The van der Waals surface area contributed by atoms with Crippen molar-refractivity contribution in [3.05, 3.63) is 69.2 Å². The Kier molecular flexibility index (Phi) is 10.8. The van der Waals surface area contributed by atoms with Crippen LogP contribution >= 0.6 is 23.2 Å². The van der Waals surface area contributed by atoms with Crippen molar-refractivity contribution in [1.29, 1.82) is 0 Å². The zero-order valence-electron chi connectivity index (χ0n) is 21.8. The van der Waals surface area contributed by atoms with E-state index in [9.17, 15) is 19.5 Å². The van der Waals surface area contributed by atoms with Crippen LogP contribution in [0.1, 0.15) is 66.9 Å². The first-order valence-electron chi connectivity index (χ1n) is 12.7. The Balaban J connectivity index is 0.00000400. The third kappa shape index (κ3) is 7.19. The number of rotatable bonds is 9. The van der Waals surface area contributed by atoms with Gasteiger partial charge < -0.3 is 20.1 Å². The molecule has 0 aromatic heterocycles. The number of aliphatic imine (C=N–C) groups is 1. The van der Waals surface area contributed by atoms with Crippen LogP contribution in [0.15, 0.2) is 47.5 Å². The molecule has 1 heterocycles. The minimum Gasteiger partial charge on any atom is -0.550 e. The first kappa shape index (κ1) is 30.6. The number of nitrogens with one attached hydrogen (secondary N) is 1. The van der Waals surface area contributed by atoms with Crippen LogP contribution < -0.4 is 40.0 Å². The van der Waals surface area contributed by atoms with Crippen molar-refractivity contribution in [1.82, 2.24) is 10.2 Å². The molecule has 1 aliphatic carbocycles. The maximum absolute atomic E-state index is 13.7. The van der Waals surface area contributed by atoms with Gasteiger partial charge in [-0.2, -0.15) is 0 Å². The topological polar surface area (TPSA) is 102 Å². The van der Waals surface area contributed by atoms with Crippen LogP contribution in [-0.4, -0.2) is 47.1 Å². The monoisotopic (exact) mass is 565 g/mol. The standard InChI is InChI=1S/C28H31Cl2N3O4.Na/c1-2-18-7-11-28(12-8-18)32-25(21-15-22(29)17-23(30)16-21)27(37)33(28)14-10-19-3-5-20(6-4-19)26(36)31-13-9-24(34)35;/h3-6,15-18H,2,7-14H2,1H3,(H,31,36)(H,34,35);/q;+1/p-1. The van der Waals surface area contributed by atoms with Crippen LogP contribution in [0.3, 0.4) is 0 Å². The molecule has 38 heavy (non-hydrogen) atoms. The van der Waals surface area contributed by atoms with E-state index in [1.165, 1.54) is 0 Å². The number of hydrogen-bond donors (Lipinski definition) is 1. The SMILES string of the molecule is CCC1CCC2(CC1)N=C(c1cc(Cl)cc(Cl)c1)C(=O)N2CCc1ccc(C(=O)NCCC(=O)[O-])cc1.[Na+]. The Bertz CT molecular complexity index is 1190. The molecule has 1 N–H and O–H groups in total. The van der Waals surface area contributed by atoms with Crippen molar-refractivity contribution in [2.24, 2.45) is 10.9 Å². The van der Waals surface area contributed by atoms with Crippen LogP contribution in [0.25, 0.3) is 0 Å². The van der Waals surface area contributed by atoms with Gasteiger partial charge in [0.15, 0.2) is 0 Å². The Morgan fingerprint density at radius 3 is 2.32 bits per heavy atom. The van der Waals surface area contributed by atoms with Crippen molar-refractivity contribution in [2.75, 3.05) is 13.1 Å². The summed E-state index contributed by atoms with van der Waals surface area (Å²) < 4.78 is 0. The van der Waals surface area contributed by atoms with Gasteiger partial charge in [-0.25, -0.2) is 0 Å². The molecule has 196 valence electrons. The fourth-order valence-corrected chi connectivity index (χ4v) is 5.72. The molecule has 0 saturated heterocycles. The zero-order valence-corrected chi connectivity index (χ0v) is 25.3. The van der Waals surface area contributed by atoms with Crippen molar-refractivity contribution in [3.8, 4) is 0 Å². The molecule has 4 rings (SSSR count). The van der Waals surface area contributed by atoms with Crippen LogP contribution in [-0.2, 0) is 16.0 Å². The minimum absolute atomic E-state index is 0. The molecule has 1 aliphatic heterocycles. The van der Waals surface area contributed by atoms with E-state index in [0.717, 1.165) is 37.7 Å². The van der Waals surface area contributed by atoms with Gasteiger partial charge in [0.25, 0.3) is 11.8 Å². The molecule has 0 unspecified atom stereocenters. The van der Waals surface area contributed by atoms with Gasteiger partial charge in [0.05, 0.1) is 0 Å². The Hall–Kier alpha value is -1.90. The molecule has 2 amide bonds. The predicted molar refractivity (Wildman–Crippen MR) is 142 cm³/mol.